The normalized spacial score (nSPS) is 22.1. The second-order valence-electron chi connectivity index (χ2n) is 19.5. The minimum atomic E-state index is -0.841. The number of hydrogen-bond acceptors (Lipinski definition) is 4. The lowest BCUT2D eigenvalue weighted by Crippen LogP contribution is -2.39. The maximum absolute atomic E-state index is 12.3. The summed E-state index contributed by atoms with van der Waals surface area (Å²) in [5.41, 5.74) is 11.1. The predicted octanol–water partition coefficient (Wildman–Crippen LogP) is 12.7. The molecule has 336 valence electrons. The topological polar surface area (TPSA) is 105 Å². The highest BCUT2D eigenvalue weighted by molar-refractivity contribution is 6.04. The van der Waals surface area contributed by atoms with Gasteiger partial charge in [-0.2, -0.15) is 9.84 Å². The summed E-state index contributed by atoms with van der Waals surface area (Å²) < 4.78 is 2.23. The lowest BCUT2D eigenvalue weighted by Gasteiger charge is -2.38. The lowest BCUT2D eigenvalue weighted by molar-refractivity contribution is -0.436. The van der Waals surface area contributed by atoms with Gasteiger partial charge < -0.3 is 15.1 Å². The average molecular weight is 869 g/mol. The first-order valence-corrected chi connectivity index (χ1v) is 24.3. The fraction of sp³-hybridized carbons (Fsp3) is 0.414. The fourth-order valence-electron chi connectivity index (χ4n) is 12.1. The standard InChI is InChI=1S/C58H65N3O4/c1-42-23-27-51-49(35-42)57(37-44-15-7-3-8-16-44,38-45-17-9-4-10-18-45)53(60(51)33-31-55(62)63)29-25-48(41-59)26-30-54-58(39-46-19-11-5-12-20-46,40-47-21-13-6-14-22-47)50-36-43(2)24-28-52(50)61(54)34-32-56(64)65/h3,5,7-8,11-12,15-16,19-20,23-30,35-36,45,47H,4,6,9-10,13-14,17-18,21-22,31-34,37-40H2,1-2H3,(H-,62,63,64,65)/p+1. The number of fused-ring (bicyclic) bond motifs is 2. The number of aliphatic carboxylic acids is 2. The highest BCUT2D eigenvalue weighted by Crippen LogP contribution is 2.55. The van der Waals surface area contributed by atoms with E-state index in [2.05, 4.69) is 139 Å². The summed E-state index contributed by atoms with van der Waals surface area (Å²) in [5, 5.41) is 31.2. The Morgan fingerprint density at radius 2 is 1.28 bits per heavy atom. The van der Waals surface area contributed by atoms with Crippen LogP contribution >= 0.6 is 0 Å². The molecule has 2 aliphatic heterocycles. The molecular weight excluding hydrogens is 803 g/mol. The summed E-state index contributed by atoms with van der Waals surface area (Å²) in [4.78, 5) is 26.8. The Hall–Kier alpha value is -6.00. The molecule has 2 saturated carbocycles. The summed E-state index contributed by atoms with van der Waals surface area (Å²) in [7, 11) is 0. The Balaban J connectivity index is 1.30. The molecule has 0 bridgehead atoms. The summed E-state index contributed by atoms with van der Waals surface area (Å²) in [6, 6.07) is 37.2. The smallest absolute Gasteiger partial charge is 0.309 e. The van der Waals surface area contributed by atoms with Crippen molar-refractivity contribution in [2.24, 2.45) is 11.8 Å². The maximum Gasteiger partial charge on any atom is 0.309 e. The van der Waals surface area contributed by atoms with E-state index in [-0.39, 0.29) is 12.8 Å². The molecule has 65 heavy (non-hydrogen) atoms. The molecule has 0 spiro atoms. The van der Waals surface area contributed by atoms with Crippen molar-refractivity contribution >= 4 is 29.0 Å². The summed E-state index contributed by atoms with van der Waals surface area (Å²) in [6.07, 6.45) is 23.6. The van der Waals surface area contributed by atoms with Crippen LogP contribution in [-0.4, -0.2) is 45.5 Å². The molecule has 0 radical (unpaired) electrons. The average Bonchev–Trinajstić information content (AvgIpc) is 3.69. The van der Waals surface area contributed by atoms with Gasteiger partial charge in [-0.05, 0) is 98.4 Å². The molecule has 8 rings (SSSR count). The molecule has 0 aromatic heterocycles. The number of benzene rings is 4. The highest BCUT2D eigenvalue weighted by Gasteiger charge is 2.52. The van der Waals surface area contributed by atoms with Gasteiger partial charge in [0.15, 0.2) is 12.3 Å². The van der Waals surface area contributed by atoms with Crippen molar-refractivity contribution in [3.8, 4) is 6.07 Å². The number of aryl methyl sites for hydroxylation is 2. The molecule has 2 aliphatic carbocycles. The van der Waals surface area contributed by atoms with Gasteiger partial charge in [0, 0.05) is 41.1 Å². The van der Waals surface area contributed by atoms with E-state index in [1.165, 1.54) is 97.6 Å². The molecule has 2 heterocycles. The molecule has 7 heteroatoms. The number of hydrogen-bond donors (Lipinski definition) is 2. The molecular formula is C58H66N3O4+. The van der Waals surface area contributed by atoms with E-state index >= 15 is 0 Å². The Kier molecular flexibility index (Phi) is 14.3. The second kappa shape index (κ2) is 20.4. The van der Waals surface area contributed by atoms with Crippen LogP contribution in [0.5, 0.6) is 0 Å². The third kappa shape index (κ3) is 10.1. The lowest BCUT2D eigenvalue weighted by atomic mass is 9.65. The summed E-state index contributed by atoms with van der Waals surface area (Å²) >= 11 is 0. The predicted molar refractivity (Wildman–Crippen MR) is 261 cm³/mol. The minimum absolute atomic E-state index is 0.0146. The van der Waals surface area contributed by atoms with Crippen molar-refractivity contribution in [3.05, 3.63) is 166 Å². The number of nitriles is 1. The quantitative estimate of drug-likeness (QED) is 0.0622. The van der Waals surface area contributed by atoms with Gasteiger partial charge in [0.05, 0.1) is 23.5 Å². The zero-order valence-corrected chi connectivity index (χ0v) is 38.5. The van der Waals surface area contributed by atoms with Crippen molar-refractivity contribution < 1.29 is 24.4 Å². The Labute approximate surface area is 386 Å². The van der Waals surface area contributed by atoms with Crippen LogP contribution in [0.15, 0.2) is 133 Å². The molecule has 2 N–H and O–H groups in total. The zero-order chi connectivity index (χ0) is 45.4. The summed E-state index contributed by atoms with van der Waals surface area (Å²) in [5.74, 6) is -0.644. The van der Waals surface area contributed by atoms with Crippen LogP contribution in [-0.2, 0) is 33.3 Å². The number of carboxylic acid groups (broad SMARTS) is 2. The van der Waals surface area contributed by atoms with Crippen molar-refractivity contribution in [2.75, 3.05) is 18.0 Å². The zero-order valence-electron chi connectivity index (χ0n) is 38.5. The number of anilines is 1. The van der Waals surface area contributed by atoms with Gasteiger partial charge in [0.25, 0.3) is 0 Å². The van der Waals surface area contributed by atoms with Crippen molar-refractivity contribution in [3.63, 3.8) is 0 Å². The number of rotatable bonds is 17. The molecule has 4 aliphatic rings. The number of allylic oxidation sites excluding steroid dienone is 6. The van der Waals surface area contributed by atoms with E-state index in [4.69, 9.17) is 0 Å². The number of carbonyl (C=O) groups is 2. The van der Waals surface area contributed by atoms with E-state index in [1.807, 2.05) is 12.2 Å². The second-order valence-corrected chi connectivity index (χ2v) is 19.5. The molecule has 2 fully saturated rings. The molecule has 4 aromatic rings. The third-order valence-corrected chi connectivity index (χ3v) is 15.0. The van der Waals surface area contributed by atoms with Crippen LogP contribution in [0.2, 0.25) is 0 Å². The molecule has 4 aromatic carbocycles. The first-order valence-electron chi connectivity index (χ1n) is 24.3. The Morgan fingerprint density at radius 1 is 0.723 bits per heavy atom. The van der Waals surface area contributed by atoms with Gasteiger partial charge in [-0.3, -0.25) is 9.59 Å². The van der Waals surface area contributed by atoms with E-state index in [0.29, 0.717) is 30.5 Å². The van der Waals surface area contributed by atoms with Gasteiger partial charge in [0.1, 0.15) is 6.42 Å². The van der Waals surface area contributed by atoms with Crippen LogP contribution < -0.4 is 4.90 Å². The largest absolute Gasteiger partial charge is 0.481 e. The molecule has 0 amide bonds. The van der Waals surface area contributed by atoms with Crippen molar-refractivity contribution in [1.82, 2.24) is 0 Å². The minimum Gasteiger partial charge on any atom is -0.481 e. The van der Waals surface area contributed by atoms with E-state index < -0.39 is 22.8 Å². The maximum atomic E-state index is 12.3. The van der Waals surface area contributed by atoms with Gasteiger partial charge >= 0.3 is 11.9 Å². The molecule has 7 nitrogen and oxygen atoms in total. The number of carboxylic acids is 2. The van der Waals surface area contributed by atoms with Crippen molar-refractivity contribution in [1.29, 1.82) is 5.26 Å². The Bertz CT molecular complexity index is 2520. The van der Waals surface area contributed by atoms with E-state index in [9.17, 15) is 25.1 Å². The molecule has 0 saturated heterocycles. The molecule has 2 atom stereocenters. The van der Waals surface area contributed by atoms with E-state index in [1.54, 1.807) is 0 Å². The first-order chi connectivity index (χ1) is 31.6. The van der Waals surface area contributed by atoms with Crippen LogP contribution in [0.4, 0.5) is 11.4 Å². The van der Waals surface area contributed by atoms with Gasteiger partial charge in [-0.25, -0.2) is 0 Å². The van der Waals surface area contributed by atoms with Gasteiger partial charge in [-0.1, -0.05) is 154 Å². The van der Waals surface area contributed by atoms with Crippen LogP contribution in [0.3, 0.4) is 0 Å². The summed E-state index contributed by atoms with van der Waals surface area (Å²) in [6.45, 7) is 4.92. The van der Waals surface area contributed by atoms with Gasteiger partial charge in [-0.15, -0.1) is 0 Å². The van der Waals surface area contributed by atoms with Crippen LogP contribution in [0, 0.1) is 37.0 Å². The SMILES string of the molecule is Cc1ccc2c(c1)C(Cc1ccccc1)(CC1CCCCC1)C(=CC=C(C#N)C=CC1=[N+](CCC(=O)O)c3ccc(C)cc3C1(Cc1ccccc1)CC1CCCCC1)N2CCC(=O)O. The number of nitrogens with zero attached hydrogens (tertiary/aromatic N) is 3. The highest BCUT2D eigenvalue weighted by atomic mass is 16.4. The van der Waals surface area contributed by atoms with Crippen LogP contribution in [0.25, 0.3) is 0 Å². The van der Waals surface area contributed by atoms with Crippen LogP contribution in [0.1, 0.15) is 123 Å². The monoisotopic (exact) mass is 869 g/mol. The Morgan fingerprint density at radius 3 is 1.86 bits per heavy atom. The van der Waals surface area contributed by atoms with Crippen molar-refractivity contribution in [2.45, 2.75) is 127 Å². The fourth-order valence-corrected chi connectivity index (χ4v) is 12.1. The first kappa shape index (κ1) is 45.6. The van der Waals surface area contributed by atoms with E-state index in [0.717, 1.165) is 48.5 Å². The molecule has 2 unspecified atom stereocenters. The third-order valence-electron chi connectivity index (χ3n) is 15.0. The van der Waals surface area contributed by atoms with Gasteiger partial charge in [0.2, 0.25) is 5.69 Å².